The average molecular weight is 352 g/mol. The molecule has 1 fully saturated rings. The van der Waals surface area contributed by atoms with Gasteiger partial charge in [0.25, 0.3) is 0 Å². The molecule has 24 heavy (non-hydrogen) atoms. The zero-order chi connectivity index (χ0) is 17.5. The van der Waals surface area contributed by atoms with Crippen LogP contribution in [0.4, 0.5) is 0 Å². The summed E-state index contributed by atoms with van der Waals surface area (Å²) in [6.07, 6.45) is 3.39. The lowest BCUT2D eigenvalue weighted by Gasteiger charge is -2.26. The van der Waals surface area contributed by atoms with Crippen LogP contribution in [0.1, 0.15) is 39.2 Å². The zero-order valence-corrected chi connectivity index (χ0v) is 15.5. The van der Waals surface area contributed by atoms with Crippen LogP contribution in [0, 0.1) is 0 Å². The normalized spacial score (nSPS) is 17.3. The molecule has 0 aliphatic carbocycles. The van der Waals surface area contributed by atoms with Gasteiger partial charge in [-0.1, -0.05) is 25.4 Å². The minimum atomic E-state index is 0.208. The molecule has 132 valence electrons. The highest BCUT2D eigenvalue weighted by molar-refractivity contribution is 6.32. The number of nitrogens with zero attached hydrogens (tertiary/aromatic N) is 1. The van der Waals surface area contributed by atoms with Crippen molar-refractivity contribution in [2.45, 2.75) is 33.6 Å². The summed E-state index contributed by atoms with van der Waals surface area (Å²) >= 11 is 6.39. The van der Waals surface area contributed by atoms with Crippen LogP contribution in [-0.4, -0.2) is 43.5 Å². The number of piperidine rings is 1. The summed E-state index contributed by atoms with van der Waals surface area (Å²) in [5.74, 6) is 1.41. The molecule has 1 aromatic rings. The molecule has 0 spiro atoms. The van der Waals surface area contributed by atoms with Crippen molar-refractivity contribution >= 4 is 23.5 Å². The van der Waals surface area contributed by atoms with E-state index in [-0.39, 0.29) is 5.78 Å². The molecular formula is C19H26ClNO3. The Morgan fingerprint density at radius 3 is 2.71 bits per heavy atom. The number of Topliss-reactive ketones (excluding diaryl/α,β-unsaturated/α-hetero) is 1. The summed E-state index contributed by atoms with van der Waals surface area (Å²) in [5, 5.41) is 0.511. The Bertz CT molecular complexity index is 613. The first-order valence-electron chi connectivity index (χ1n) is 8.64. The fourth-order valence-corrected chi connectivity index (χ4v) is 2.98. The molecule has 4 nitrogen and oxygen atoms in total. The molecule has 1 saturated heterocycles. The van der Waals surface area contributed by atoms with Crippen molar-refractivity contribution in [2.75, 3.05) is 32.8 Å². The molecule has 1 aliphatic heterocycles. The van der Waals surface area contributed by atoms with Crippen LogP contribution in [0.15, 0.2) is 17.7 Å². The van der Waals surface area contributed by atoms with Gasteiger partial charge >= 0.3 is 0 Å². The fraction of sp³-hybridized carbons (Fsp3) is 0.526. The molecule has 1 aromatic carbocycles. The maximum absolute atomic E-state index is 12.2. The van der Waals surface area contributed by atoms with Gasteiger partial charge in [0.15, 0.2) is 17.3 Å². The first kappa shape index (κ1) is 18.8. The van der Waals surface area contributed by atoms with Gasteiger partial charge in [0.05, 0.1) is 18.2 Å². The number of ether oxygens (including phenoxy) is 2. The number of ketones is 1. The van der Waals surface area contributed by atoms with E-state index in [9.17, 15) is 4.79 Å². The summed E-state index contributed by atoms with van der Waals surface area (Å²) in [5.41, 5.74) is 1.69. The molecule has 1 aliphatic rings. The molecule has 0 amide bonds. The van der Waals surface area contributed by atoms with Gasteiger partial charge in [-0.3, -0.25) is 9.69 Å². The number of hydrogen-bond acceptors (Lipinski definition) is 4. The van der Waals surface area contributed by atoms with E-state index >= 15 is 0 Å². The van der Waals surface area contributed by atoms with E-state index in [1.165, 1.54) is 0 Å². The van der Waals surface area contributed by atoms with Gasteiger partial charge in [-0.15, -0.1) is 0 Å². The van der Waals surface area contributed by atoms with Crippen LogP contribution in [0.5, 0.6) is 11.5 Å². The molecule has 0 N–H and O–H groups in total. The molecular weight excluding hydrogens is 326 g/mol. The van der Waals surface area contributed by atoms with Gasteiger partial charge in [0.2, 0.25) is 0 Å². The number of likely N-dealkylation sites (tertiary alicyclic amines) is 1. The molecule has 0 aromatic heterocycles. The summed E-state index contributed by atoms with van der Waals surface area (Å²) in [4.78, 5) is 14.4. The molecule has 1 heterocycles. The first-order valence-corrected chi connectivity index (χ1v) is 9.02. The number of halogens is 1. The molecule has 0 atom stereocenters. The average Bonchev–Trinajstić information content (AvgIpc) is 2.56. The predicted octanol–water partition coefficient (Wildman–Crippen LogP) is 4.21. The van der Waals surface area contributed by atoms with Crippen LogP contribution in [0.2, 0.25) is 5.02 Å². The Balaban J connectivity index is 2.32. The molecule has 0 saturated carbocycles. The van der Waals surface area contributed by atoms with Gasteiger partial charge < -0.3 is 9.47 Å². The molecule has 2 rings (SSSR count). The van der Waals surface area contributed by atoms with E-state index in [2.05, 4.69) is 11.8 Å². The van der Waals surface area contributed by atoms with Gasteiger partial charge in [0, 0.05) is 25.1 Å². The van der Waals surface area contributed by atoms with Crippen molar-refractivity contribution in [3.63, 3.8) is 0 Å². The third kappa shape index (κ3) is 4.74. The Morgan fingerprint density at radius 1 is 1.25 bits per heavy atom. The van der Waals surface area contributed by atoms with Crippen molar-refractivity contribution in [3.05, 3.63) is 28.3 Å². The Labute approximate surface area is 149 Å². The highest BCUT2D eigenvalue weighted by atomic mass is 35.5. The number of hydrogen-bond donors (Lipinski definition) is 0. The van der Waals surface area contributed by atoms with Crippen LogP contribution >= 0.6 is 11.6 Å². The van der Waals surface area contributed by atoms with Crippen molar-refractivity contribution in [1.82, 2.24) is 4.90 Å². The van der Waals surface area contributed by atoms with Gasteiger partial charge in [-0.2, -0.15) is 0 Å². The Morgan fingerprint density at radius 2 is 2.04 bits per heavy atom. The fourth-order valence-electron chi connectivity index (χ4n) is 2.70. The minimum absolute atomic E-state index is 0.208. The van der Waals surface area contributed by atoms with E-state index in [1.54, 1.807) is 0 Å². The lowest BCUT2D eigenvalue weighted by Crippen LogP contribution is -2.35. The first-order chi connectivity index (χ1) is 11.6. The SMILES string of the molecule is CCCOc1c(Cl)cc(/C=C2\CN(CC)CCC2=O)cc1OCC. The smallest absolute Gasteiger partial charge is 0.179 e. The van der Waals surface area contributed by atoms with Crippen LogP contribution < -0.4 is 9.47 Å². The van der Waals surface area contributed by atoms with E-state index in [0.717, 1.165) is 30.6 Å². The second kappa shape index (κ2) is 9.09. The van der Waals surface area contributed by atoms with Crippen molar-refractivity contribution < 1.29 is 14.3 Å². The second-order valence-electron chi connectivity index (χ2n) is 5.82. The predicted molar refractivity (Wildman–Crippen MR) is 98.1 cm³/mol. The summed E-state index contributed by atoms with van der Waals surface area (Å²) in [6, 6.07) is 3.73. The number of likely N-dealkylation sites (N-methyl/N-ethyl adjacent to an activating group) is 1. The summed E-state index contributed by atoms with van der Waals surface area (Å²) < 4.78 is 11.4. The third-order valence-corrected chi connectivity index (χ3v) is 4.26. The largest absolute Gasteiger partial charge is 0.490 e. The van der Waals surface area contributed by atoms with E-state index in [1.807, 2.05) is 32.1 Å². The third-order valence-electron chi connectivity index (χ3n) is 3.98. The summed E-state index contributed by atoms with van der Waals surface area (Å²) in [6.45, 7) is 9.66. The highest BCUT2D eigenvalue weighted by Gasteiger charge is 2.20. The molecule has 5 heteroatoms. The van der Waals surface area contributed by atoms with Gasteiger partial charge in [-0.25, -0.2) is 0 Å². The number of rotatable bonds is 7. The van der Waals surface area contributed by atoms with Crippen molar-refractivity contribution in [1.29, 1.82) is 0 Å². The lowest BCUT2D eigenvalue weighted by molar-refractivity contribution is -0.117. The maximum atomic E-state index is 12.2. The maximum Gasteiger partial charge on any atom is 0.179 e. The monoisotopic (exact) mass is 351 g/mol. The molecule has 0 bridgehead atoms. The second-order valence-corrected chi connectivity index (χ2v) is 6.23. The molecule has 0 radical (unpaired) electrons. The van der Waals surface area contributed by atoms with Gasteiger partial charge in [-0.05, 0) is 43.7 Å². The zero-order valence-electron chi connectivity index (χ0n) is 14.7. The number of carbonyl (C=O) groups excluding carboxylic acids is 1. The number of benzene rings is 1. The summed E-state index contributed by atoms with van der Waals surface area (Å²) in [7, 11) is 0. The Hall–Kier alpha value is -1.52. The van der Waals surface area contributed by atoms with Gasteiger partial charge in [0.1, 0.15) is 0 Å². The topological polar surface area (TPSA) is 38.8 Å². The standard InChI is InChI=1S/C19H26ClNO3/c1-4-9-24-19-16(20)11-14(12-18(19)23-6-3)10-15-13-21(5-2)8-7-17(15)22/h10-12H,4-9,13H2,1-3H3/b15-10+. The van der Waals surface area contributed by atoms with Crippen LogP contribution in [0.3, 0.4) is 0 Å². The van der Waals surface area contributed by atoms with E-state index < -0.39 is 0 Å². The van der Waals surface area contributed by atoms with Crippen LogP contribution in [0.25, 0.3) is 6.08 Å². The van der Waals surface area contributed by atoms with E-state index in [4.69, 9.17) is 21.1 Å². The van der Waals surface area contributed by atoms with Crippen LogP contribution in [-0.2, 0) is 4.79 Å². The lowest BCUT2D eigenvalue weighted by atomic mass is 10.00. The number of carbonyl (C=O) groups is 1. The minimum Gasteiger partial charge on any atom is -0.490 e. The van der Waals surface area contributed by atoms with Crippen molar-refractivity contribution in [3.8, 4) is 11.5 Å². The van der Waals surface area contributed by atoms with Crippen molar-refractivity contribution in [2.24, 2.45) is 0 Å². The molecule has 0 unspecified atom stereocenters. The van der Waals surface area contributed by atoms with E-state index in [0.29, 0.717) is 42.7 Å². The quantitative estimate of drug-likeness (QED) is 0.690. The highest BCUT2D eigenvalue weighted by Crippen LogP contribution is 2.37. The Kier molecular flexibility index (Phi) is 7.13.